The van der Waals surface area contributed by atoms with Crippen molar-refractivity contribution in [2.24, 2.45) is 0 Å². The van der Waals surface area contributed by atoms with Gasteiger partial charge in [0.1, 0.15) is 11.7 Å². The molecule has 138 valence electrons. The number of hydrogen-bond acceptors (Lipinski definition) is 4. The van der Waals surface area contributed by atoms with Gasteiger partial charge in [-0.2, -0.15) is 0 Å². The molecule has 2 aliphatic heterocycles. The van der Waals surface area contributed by atoms with Crippen LogP contribution < -0.4 is 0 Å². The Balaban J connectivity index is 2.03. The minimum atomic E-state index is -0.484. The van der Waals surface area contributed by atoms with Crippen molar-refractivity contribution in [1.82, 2.24) is 9.80 Å². The van der Waals surface area contributed by atoms with Gasteiger partial charge in [0.25, 0.3) is 5.91 Å². The molecular weight excluding hydrogens is 308 g/mol. The number of ether oxygens (including phenoxy) is 2. The van der Waals surface area contributed by atoms with Crippen LogP contribution in [0.4, 0.5) is 4.79 Å². The molecule has 0 aromatic heterocycles. The molecule has 24 heavy (non-hydrogen) atoms. The number of nitrogens with zero attached hydrogens (tertiary/aromatic N) is 2. The van der Waals surface area contributed by atoms with Crippen molar-refractivity contribution < 1.29 is 19.1 Å². The Bertz CT molecular complexity index is 476. The van der Waals surface area contributed by atoms with Gasteiger partial charge in [0.2, 0.25) is 0 Å². The highest BCUT2D eigenvalue weighted by atomic mass is 16.6. The van der Waals surface area contributed by atoms with Gasteiger partial charge in [0, 0.05) is 19.1 Å². The molecule has 6 heteroatoms. The zero-order chi connectivity index (χ0) is 18.1. The molecule has 0 radical (unpaired) electrons. The van der Waals surface area contributed by atoms with E-state index in [-0.39, 0.29) is 29.7 Å². The van der Waals surface area contributed by atoms with Crippen molar-refractivity contribution in [2.45, 2.75) is 84.2 Å². The van der Waals surface area contributed by atoms with Gasteiger partial charge >= 0.3 is 6.09 Å². The van der Waals surface area contributed by atoms with Crippen molar-refractivity contribution in [2.75, 3.05) is 19.6 Å². The van der Waals surface area contributed by atoms with Crippen LogP contribution in [-0.4, -0.2) is 64.8 Å². The molecule has 0 aliphatic carbocycles. The predicted octanol–water partition coefficient (Wildman–Crippen LogP) is 2.80. The summed E-state index contributed by atoms with van der Waals surface area (Å²) in [5.41, 5.74) is -0.820. The molecule has 2 amide bonds. The maximum absolute atomic E-state index is 12.5. The number of likely N-dealkylation sites (tertiary alicyclic amines) is 1. The van der Waals surface area contributed by atoms with E-state index in [1.807, 2.05) is 46.4 Å². The second-order valence-electron chi connectivity index (χ2n) is 8.23. The van der Waals surface area contributed by atoms with Crippen LogP contribution in [0.5, 0.6) is 0 Å². The average molecular weight is 340 g/mol. The molecule has 2 rings (SSSR count). The maximum Gasteiger partial charge on any atom is 0.410 e. The van der Waals surface area contributed by atoms with Crippen molar-refractivity contribution in [3.63, 3.8) is 0 Å². The molecule has 0 bridgehead atoms. The van der Waals surface area contributed by atoms with E-state index in [1.54, 1.807) is 4.90 Å². The molecule has 0 unspecified atom stereocenters. The number of rotatable bonds is 2. The molecule has 2 saturated heterocycles. The molecular formula is C18H32N2O4. The monoisotopic (exact) mass is 340 g/mol. The van der Waals surface area contributed by atoms with Gasteiger partial charge in [-0.1, -0.05) is 6.92 Å². The molecule has 0 aromatic rings. The van der Waals surface area contributed by atoms with Crippen LogP contribution in [0, 0.1) is 0 Å². The fourth-order valence-electron chi connectivity index (χ4n) is 3.36. The zero-order valence-electron chi connectivity index (χ0n) is 15.9. The SMILES string of the molecule is CC[C@H]1OC2(CCN(C(=O)OC(C)(C)C)CC2)CN(C(C)C)C1=O. The second kappa shape index (κ2) is 6.90. The van der Waals surface area contributed by atoms with Crippen LogP contribution >= 0.6 is 0 Å². The minimum Gasteiger partial charge on any atom is -0.444 e. The van der Waals surface area contributed by atoms with Crippen LogP contribution in [0.2, 0.25) is 0 Å². The van der Waals surface area contributed by atoms with Crippen LogP contribution in [0.1, 0.15) is 60.8 Å². The van der Waals surface area contributed by atoms with Crippen LogP contribution in [-0.2, 0) is 14.3 Å². The Labute approximate surface area is 145 Å². The lowest BCUT2D eigenvalue weighted by Gasteiger charge is -2.50. The number of morpholine rings is 1. The van der Waals surface area contributed by atoms with Gasteiger partial charge in [-0.25, -0.2) is 4.79 Å². The standard InChI is InChI=1S/C18H32N2O4/c1-7-14-15(21)20(13(2)3)12-18(23-14)8-10-19(11-9-18)16(22)24-17(4,5)6/h13-14H,7-12H2,1-6H3/t14-/m1/s1. The first-order valence-electron chi connectivity index (χ1n) is 9.03. The molecule has 2 heterocycles. The van der Waals surface area contributed by atoms with Crippen molar-refractivity contribution >= 4 is 12.0 Å². The van der Waals surface area contributed by atoms with E-state index < -0.39 is 5.60 Å². The van der Waals surface area contributed by atoms with Gasteiger partial charge in [-0.3, -0.25) is 4.79 Å². The van der Waals surface area contributed by atoms with E-state index >= 15 is 0 Å². The van der Waals surface area contributed by atoms with Gasteiger partial charge in [-0.05, 0) is 53.9 Å². The molecule has 1 spiro atoms. The molecule has 2 aliphatic rings. The first kappa shape index (κ1) is 19.0. The average Bonchev–Trinajstić information content (AvgIpc) is 2.48. The third-order valence-corrected chi connectivity index (χ3v) is 4.73. The summed E-state index contributed by atoms with van der Waals surface area (Å²) in [7, 11) is 0. The summed E-state index contributed by atoms with van der Waals surface area (Å²) in [6.45, 7) is 13.5. The lowest BCUT2D eigenvalue weighted by Crippen LogP contribution is -2.63. The van der Waals surface area contributed by atoms with E-state index in [2.05, 4.69) is 0 Å². The Morgan fingerprint density at radius 1 is 1.33 bits per heavy atom. The summed E-state index contributed by atoms with van der Waals surface area (Å²) < 4.78 is 11.7. The highest BCUT2D eigenvalue weighted by molar-refractivity contribution is 5.82. The van der Waals surface area contributed by atoms with Gasteiger partial charge < -0.3 is 19.3 Å². The van der Waals surface area contributed by atoms with E-state index in [0.717, 1.165) is 12.8 Å². The molecule has 0 N–H and O–H groups in total. The Hall–Kier alpha value is -1.30. The van der Waals surface area contributed by atoms with E-state index in [0.29, 0.717) is 26.1 Å². The second-order valence-corrected chi connectivity index (χ2v) is 8.23. The highest BCUT2D eigenvalue weighted by Crippen LogP contribution is 2.34. The first-order valence-corrected chi connectivity index (χ1v) is 9.03. The summed E-state index contributed by atoms with van der Waals surface area (Å²) >= 11 is 0. The van der Waals surface area contributed by atoms with Crippen LogP contribution in [0.3, 0.4) is 0 Å². The third kappa shape index (κ3) is 4.21. The molecule has 1 atom stereocenters. The largest absolute Gasteiger partial charge is 0.444 e. The lowest BCUT2D eigenvalue weighted by molar-refractivity contribution is -0.195. The van der Waals surface area contributed by atoms with Crippen molar-refractivity contribution in [3.8, 4) is 0 Å². The summed E-state index contributed by atoms with van der Waals surface area (Å²) in [4.78, 5) is 28.4. The molecule has 0 aromatic carbocycles. The highest BCUT2D eigenvalue weighted by Gasteiger charge is 2.47. The number of amides is 2. The number of carbonyl (C=O) groups is 2. The Morgan fingerprint density at radius 3 is 2.38 bits per heavy atom. The number of carbonyl (C=O) groups excluding carboxylic acids is 2. The lowest BCUT2D eigenvalue weighted by atomic mass is 9.87. The van der Waals surface area contributed by atoms with E-state index in [4.69, 9.17) is 9.47 Å². The summed E-state index contributed by atoms with van der Waals surface area (Å²) in [6, 6.07) is 0.163. The predicted molar refractivity (Wildman–Crippen MR) is 91.8 cm³/mol. The van der Waals surface area contributed by atoms with Crippen molar-refractivity contribution in [3.05, 3.63) is 0 Å². The quantitative estimate of drug-likeness (QED) is 0.775. The third-order valence-electron chi connectivity index (χ3n) is 4.73. The smallest absolute Gasteiger partial charge is 0.410 e. The summed E-state index contributed by atoms with van der Waals surface area (Å²) in [5, 5.41) is 0. The number of hydrogen-bond donors (Lipinski definition) is 0. The zero-order valence-corrected chi connectivity index (χ0v) is 15.9. The van der Waals surface area contributed by atoms with E-state index in [9.17, 15) is 9.59 Å². The summed E-state index contributed by atoms with van der Waals surface area (Å²) in [5.74, 6) is 0.0905. The molecule has 0 saturated carbocycles. The minimum absolute atomic E-state index is 0.0905. The normalized spacial score (nSPS) is 24.6. The van der Waals surface area contributed by atoms with Gasteiger partial charge in [0.15, 0.2) is 0 Å². The fourth-order valence-corrected chi connectivity index (χ4v) is 3.36. The molecule has 6 nitrogen and oxygen atoms in total. The Kier molecular flexibility index (Phi) is 5.47. The number of piperidine rings is 1. The van der Waals surface area contributed by atoms with Crippen molar-refractivity contribution in [1.29, 1.82) is 0 Å². The van der Waals surface area contributed by atoms with Gasteiger partial charge in [0.05, 0.1) is 12.1 Å². The summed E-state index contributed by atoms with van der Waals surface area (Å²) in [6.07, 6.45) is 1.52. The maximum atomic E-state index is 12.5. The van der Waals surface area contributed by atoms with Gasteiger partial charge in [-0.15, -0.1) is 0 Å². The topological polar surface area (TPSA) is 59.1 Å². The van der Waals surface area contributed by atoms with Crippen LogP contribution in [0.15, 0.2) is 0 Å². The van der Waals surface area contributed by atoms with Crippen LogP contribution in [0.25, 0.3) is 0 Å². The molecule has 2 fully saturated rings. The Morgan fingerprint density at radius 2 is 1.92 bits per heavy atom. The fraction of sp³-hybridized carbons (Fsp3) is 0.889. The first-order chi connectivity index (χ1) is 11.1. The van der Waals surface area contributed by atoms with E-state index in [1.165, 1.54) is 0 Å².